The second-order valence-electron chi connectivity index (χ2n) is 6.22. The van der Waals surface area contributed by atoms with Crippen molar-refractivity contribution in [1.82, 2.24) is 0 Å². The maximum Gasteiger partial charge on any atom is 0.323 e. The van der Waals surface area contributed by atoms with Crippen molar-refractivity contribution in [2.75, 3.05) is 22.5 Å². The third kappa shape index (κ3) is 5.48. The van der Waals surface area contributed by atoms with Gasteiger partial charge in [0, 0.05) is 11.4 Å². The number of urea groups is 1. The number of benzene rings is 3. The Morgan fingerprint density at radius 2 is 1.55 bits per heavy atom. The second-order valence-corrected chi connectivity index (χ2v) is 7.87. The number of nitrogens with zero attached hydrogens (tertiary/aromatic N) is 1. The molecule has 0 fully saturated rings. The molecule has 0 saturated heterocycles. The number of ether oxygens (including phenoxy) is 1. The first kappa shape index (κ1) is 21.6. The van der Waals surface area contributed by atoms with Crippen molar-refractivity contribution >= 4 is 38.8 Å². The predicted molar refractivity (Wildman–Crippen MR) is 116 cm³/mol. The third-order valence-corrected chi connectivity index (χ3v) is 5.49. The summed E-state index contributed by atoms with van der Waals surface area (Å²) in [5, 5.41) is 16.5. The summed E-state index contributed by atoms with van der Waals surface area (Å²) < 4.78 is 32.7. The smallest absolute Gasteiger partial charge is 0.323 e. The highest BCUT2D eigenvalue weighted by Crippen LogP contribution is 2.30. The zero-order chi connectivity index (χ0) is 22.4. The molecule has 0 aliphatic carbocycles. The van der Waals surface area contributed by atoms with E-state index in [4.69, 9.17) is 4.74 Å². The molecule has 0 heterocycles. The highest BCUT2D eigenvalue weighted by Gasteiger charge is 2.26. The van der Waals surface area contributed by atoms with E-state index >= 15 is 0 Å². The van der Waals surface area contributed by atoms with Gasteiger partial charge < -0.3 is 15.4 Å². The van der Waals surface area contributed by atoms with Crippen molar-refractivity contribution in [1.29, 1.82) is 0 Å². The number of amides is 2. The largest absolute Gasteiger partial charge is 0.497 e. The topological polar surface area (TPSA) is 140 Å². The van der Waals surface area contributed by atoms with E-state index in [1.807, 2.05) is 6.07 Å². The summed E-state index contributed by atoms with van der Waals surface area (Å²) >= 11 is 0. The summed E-state index contributed by atoms with van der Waals surface area (Å²) in [6.07, 6.45) is 0. The van der Waals surface area contributed by atoms with Crippen molar-refractivity contribution in [2.45, 2.75) is 4.90 Å². The van der Waals surface area contributed by atoms with E-state index in [1.54, 1.807) is 30.3 Å². The van der Waals surface area contributed by atoms with Crippen LogP contribution in [-0.4, -0.2) is 26.5 Å². The molecule has 3 N–H and O–H groups in total. The summed E-state index contributed by atoms with van der Waals surface area (Å²) in [7, 11) is -2.97. The first-order valence-corrected chi connectivity index (χ1v) is 10.4. The molecule has 10 nitrogen and oxygen atoms in total. The van der Waals surface area contributed by atoms with Crippen LogP contribution in [0.25, 0.3) is 0 Å². The number of para-hydroxylation sites is 1. The fourth-order valence-corrected chi connectivity index (χ4v) is 3.88. The highest BCUT2D eigenvalue weighted by atomic mass is 32.2. The lowest BCUT2D eigenvalue weighted by Gasteiger charge is -2.12. The van der Waals surface area contributed by atoms with Crippen LogP contribution in [0.4, 0.5) is 27.5 Å². The van der Waals surface area contributed by atoms with Crippen molar-refractivity contribution in [3.63, 3.8) is 0 Å². The van der Waals surface area contributed by atoms with Gasteiger partial charge >= 0.3 is 6.03 Å². The van der Waals surface area contributed by atoms with Crippen LogP contribution in [0.5, 0.6) is 5.75 Å². The quantitative estimate of drug-likeness (QED) is 0.373. The number of rotatable bonds is 7. The number of hydrogen-bond acceptors (Lipinski definition) is 6. The Morgan fingerprint density at radius 3 is 2.23 bits per heavy atom. The van der Waals surface area contributed by atoms with Crippen molar-refractivity contribution in [3.8, 4) is 5.75 Å². The fourth-order valence-electron chi connectivity index (χ4n) is 2.68. The van der Waals surface area contributed by atoms with Crippen LogP contribution < -0.4 is 20.1 Å². The Hall–Kier alpha value is -4.12. The second kappa shape index (κ2) is 9.13. The average molecular weight is 442 g/mol. The van der Waals surface area contributed by atoms with E-state index in [9.17, 15) is 23.3 Å². The number of carbonyl (C=O) groups excluding carboxylic acids is 1. The lowest BCUT2D eigenvalue weighted by molar-refractivity contribution is -0.387. The summed E-state index contributed by atoms with van der Waals surface area (Å²) in [6, 6.07) is 17.6. The van der Waals surface area contributed by atoms with Crippen LogP contribution in [0.2, 0.25) is 0 Å². The SMILES string of the molecule is COc1ccc(S(=O)(=O)Nc2cccc(NC(=O)Nc3ccccc3)c2)c([N+](=O)[O-])c1. The minimum absolute atomic E-state index is 0.114. The molecule has 3 aromatic rings. The Kier molecular flexibility index (Phi) is 6.36. The van der Waals surface area contributed by atoms with Crippen LogP contribution >= 0.6 is 0 Å². The van der Waals surface area contributed by atoms with Gasteiger partial charge in [-0.2, -0.15) is 0 Å². The number of nitro benzene ring substituents is 1. The van der Waals surface area contributed by atoms with Gasteiger partial charge in [0.05, 0.1) is 23.8 Å². The summed E-state index contributed by atoms with van der Waals surface area (Å²) in [5.74, 6) is 0.154. The summed E-state index contributed by atoms with van der Waals surface area (Å²) in [6.45, 7) is 0. The zero-order valence-corrected chi connectivity index (χ0v) is 17.0. The molecule has 3 rings (SSSR count). The molecule has 2 amide bonds. The van der Waals surface area contributed by atoms with Crippen LogP contribution in [0.15, 0.2) is 77.7 Å². The van der Waals surface area contributed by atoms with Gasteiger partial charge in [-0.1, -0.05) is 24.3 Å². The standard InChI is InChI=1S/C20H18N4O6S/c1-30-17-10-11-19(18(13-17)24(26)27)31(28,29)23-16-9-5-8-15(12-16)22-20(25)21-14-6-3-2-4-7-14/h2-13,23H,1H3,(H2,21,22,25). The zero-order valence-electron chi connectivity index (χ0n) is 16.2. The fraction of sp³-hybridized carbons (Fsp3) is 0.0500. The van der Waals surface area contributed by atoms with E-state index < -0.39 is 31.6 Å². The maximum atomic E-state index is 12.7. The third-order valence-electron chi connectivity index (χ3n) is 4.06. The predicted octanol–water partition coefficient (Wildman–Crippen LogP) is 4.05. The van der Waals surface area contributed by atoms with E-state index in [-0.39, 0.29) is 11.4 Å². The van der Waals surface area contributed by atoms with Gasteiger partial charge in [-0.3, -0.25) is 14.8 Å². The van der Waals surface area contributed by atoms with Gasteiger partial charge in [0.25, 0.3) is 15.7 Å². The molecular formula is C20H18N4O6S. The highest BCUT2D eigenvalue weighted by molar-refractivity contribution is 7.92. The average Bonchev–Trinajstić information content (AvgIpc) is 2.73. The van der Waals surface area contributed by atoms with Gasteiger partial charge in [0.2, 0.25) is 0 Å². The van der Waals surface area contributed by atoms with Crippen molar-refractivity contribution in [2.24, 2.45) is 0 Å². The number of methoxy groups -OCH3 is 1. The molecule has 0 aromatic heterocycles. The molecule has 160 valence electrons. The Bertz CT molecular complexity index is 1220. The molecule has 0 aliphatic heterocycles. The van der Waals surface area contributed by atoms with Gasteiger partial charge in [-0.05, 0) is 42.5 Å². The molecule has 3 aromatic carbocycles. The van der Waals surface area contributed by atoms with Crippen LogP contribution in [0.1, 0.15) is 0 Å². The van der Waals surface area contributed by atoms with E-state index in [2.05, 4.69) is 15.4 Å². The minimum Gasteiger partial charge on any atom is -0.497 e. The molecule has 0 aliphatic rings. The molecule has 0 unspecified atom stereocenters. The number of sulfonamides is 1. The monoisotopic (exact) mass is 442 g/mol. The van der Waals surface area contributed by atoms with Crippen LogP contribution in [0, 0.1) is 10.1 Å². The Labute approximate surface area is 178 Å². The molecule has 0 bridgehead atoms. The molecule has 31 heavy (non-hydrogen) atoms. The first-order chi connectivity index (χ1) is 14.8. The Balaban J connectivity index is 1.79. The molecular weight excluding hydrogens is 424 g/mol. The maximum absolute atomic E-state index is 12.7. The van der Waals surface area contributed by atoms with Gasteiger partial charge in [0.1, 0.15) is 5.75 Å². The lowest BCUT2D eigenvalue weighted by atomic mass is 10.3. The van der Waals surface area contributed by atoms with Gasteiger partial charge in [0.15, 0.2) is 4.90 Å². The normalized spacial score (nSPS) is 10.7. The summed E-state index contributed by atoms with van der Waals surface area (Å²) in [4.78, 5) is 22.1. The van der Waals surface area contributed by atoms with Crippen molar-refractivity contribution < 1.29 is 22.9 Å². The van der Waals surface area contributed by atoms with Gasteiger partial charge in [-0.15, -0.1) is 0 Å². The molecule has 11 heteroatoms. The lowest BCUT2D eigenvalue weighted by Crippen LogP contribution is -2.19. The number of anilines is 3. The number of nitrogens with one attached hydrogen (secondary N) is 3. The van der Waals surface area contributed by atoms with Gasteiger partial charge in [-0.25, -0.2) is 13.2 Å². The summed E-state index contributed by atoms with van der Waals surface area (Å²) in [5.41, 5.74) is 0.396. The number of nitro groups is 1. The van der Waals surface area contributed by atoms with E-state index in [0.29, 0.717) is 11.4 Å². The molecule has 0 spiro atoms. The molecule has 0 atom stereocenters. The van der Waals surface area contributed by atoms with Crippen LogP contribution in [-0.2, 0) is 10.0 Å². The molecule has 0 radical (unpaired) electrons. The van der Waals surface area contributed by atoms with Crippen LogP contribution in [0.3, 0.4) is 0 Å². The van der Waals surface area contributed by atoms with E-state index in [0.717, 1.165) is 12.1 Å². The number of hydrogen-bond donors (Lipinski definition) is 3. The number of carbonyl (C=O) groups is 1. The Morgan fingerprint density at radius 1 is 0.903 bits per heavy atom. The van der Waals surface area contributed by atoms with Crippen molar-refractivity contribution in [3.05, 3.63) is 82.9 Å². The molecule has 0 saturated carbocycles. The first-order valence-electron chi connectivity index (χ1n) is 8.87. The minimum atomic E-state index is -4.28. The van der Waals surface area contributed by atoms with E-state index in [1.165, 1.54) is 31.4 Å².